The van der Waals surface area contributed by atoms with Gasteiger partial charge in [-0.15, -0.1) is 0 Å². The molecule has 0 aliphatic heterocycles. The van der Waals surface area contributed by atoms with Crippen molar-refractivity contribution in [1.82, 2.24) is 15.3 Å². The highest BCUT2D eigenvalue weighted by atomic mass is 16.1. The van der Waals surface area contributed by atoms with Crippen LogP contribution in [0.4, 0.5) is 0 Å². The zero-order valence-corrected chi connectivity index (χ0v) is 8.91. The number of benzene rings is 1. The number of imidazole rings is 1. The van der Waals surface area contributed by atoms with Crippen LogP contribution in [0.5, 0.6) is 0 Å². The smallest absolute Gasteiger partial charge is 0.323 e. The number of hydrogen-bond donors (Lipinski definition) is 3. The summed E-state index contributed by atoms with van der Waals surface area (Å²) < 4.78 is 0. The van der Waals surface area contributed by atoms with E-state index in [1.165, 1.54) is 6.07 Å². The number of amides is 1. The lowest BCUT2D eigenvalue weighted by molar-refractivity contribution is -0.115. The van der Waals surface area contributed by atoms with E-state index in [1.807, 2.05) is 12.1 Å². The molecule has 0 aliphatic rings. The number of carbonyl (C=O) groups is 1. The zero-order valence-electron chi connectivity index (χ0n) is 8.91. The van der Waals surface area contributed by atoms with E-state index in [0.29, 0.717) is 13.0 Å². The molecule has 86 valence electrons. The summed E-state index contributed by atoms with van der Waals surface area (Å²) in [4.78, 5) is 27.0. The molecule has 1 heterocycles. The summed E-state index contributed by atoms with van der Waals surface area (Å²) in [5, 5.41) is 10.7. The Morgan fingerprint density at radius 2 is 2.12 bits per heavy atom. The fourth-order valence-electron chi connectivity index (χ4n) is 1.60. The third kappa shape index (κ3) is 2.52. The Morgan fingerprint density at radius 3 is 2.88 bits per heavy atom. The second kappa shape index (κ2) is 4.53. The van der Waals surface area contributed by atoms with E-state index in [2.05, 4.69) is 15.3 Å². The lowest BCUT2D eigenvalue weighted by Gasteiger charge is -2.01. The quantitative estimate of drug-likeness (QED) is 0.648. The first-order valence-corrected chi connectivity index (χ1v) is 5.08. The maximum Gasteiger partial charge on any atom is 0.323 e. The summed E-state index contributed by atoms with van der Waals surface area (Å²) in [5.41, 5.74) is 2.22. The first-order chi connectivity index (χ1) is 8.19. The van der Waals surface area contributed by atoms with Crippen LogP contribution in [0.25, 0.3) is 11.0 Å². The molecule has 0 atom stereocenters. The number of rotatable bonds is 3. The molecule has 0 spiro atoms. The van der Waals surface area contributed by atoms with E-state index in [-0.39, 0.29) is 5.69 Å². The molecule has 6 nitrogen and oxygen atoms in total. The van der Waals surface area contributed by atoms with Crippen LogP contribution in [0.1, 0.15) is 5.56 Å². The summed E-state index contributed by atoms with van der Waals surface area (Å²) in [7, 11) is 0. The minimum atomic E-state index is -0.638. The second-order valence-corrected chi connectivity index (χ2v) is 3.58. The topological polar surface area (TPSA) is 102 Å². The maximum absolute atomic E-state index is 11.0. The van der Waals surface area contributed by atoms with E-state index >= 15 is 0 Å². The van der Waals surface area contributed by atoms with Gasteiger partial charge in [0.05, 0.1) is 11.0 Å². The highest BCUT2D eigenvalue weighted by Crippen LogP contribution is 2.10. The predicted octanol–water partition coefficient (Wildman–Crippen LogP) is 0.0385. The fraction of sp³-hybridized carbons (Fsp3) is 0.182. The molecule has 0 saturated heterocycles. The molecule has 1 aromatic carbocycles. The molecule has 0 radical (unpaired) electrons. The van der Waals surface area contributed by atoms with E-state index in [0.717, 1.165) is 16.6 Å². The number of aromatic amines is 2. The van der Waals surface area contributed by atoms with Crippen LogP contribution < -0.4 is 11.0 Å². The van der Waals surface area contributed by atoms with Crippen LogP contribution in [-0.2, 0) is 11.2 Å². The van der Waals surface area contributed by atoms with Crippen LogP contribution in [0.3, 0.4) is 0 Å². The normalized spacial score (nSPS) is 10.1. The summed E-state index contributed by atoms with van der Waals surface area (Å²) in [6, 6.07) is 6.99. The number of hydrogen-bond acceptors (Lipinski definition) is 3. The van der Waals surface area contributed by atoms with Gasteiger partial charge in [0.25, 0.3) is 0 Å². The molecule has 0 aliphatic carbocycles. The monoisotopic (exact) mass is 230 g/mol. The van der Waals surface area contributed by atoms with Gasteiger partial charge >= 0.3 is 11.6 Å². The van der Waals surface area contributed by atoms with Crippen LogP contribution in [0, 0.1) is 11.3 Å². The second-order valence-electron chi connectivity index (χ2n) is 3.58. The van der Waals surface area contributed by atoms with Crippen molar-refractivity contribution in [3.8, 4) is 6.07 Å². The highest BCUT2D eigenvalue weighted by Gasteiger charge is 2.01. The molecule has 0 fully saturated rings. The number of carbonyl (C=O) groups excluding carboxylic acids is 1. The van der Waals surface area contributed by atoms with E-state index in [1.54, 1.807) is 6.07 Å². The van der Waals surface area contributed by atoms with Crippen molar-refractivity contribution in [3.05, 3.63) is 34.2 Å². The average Bonchev–Trinajstić information content (AvgIpc) is 2.68. The first-order valence-electron chi connectivity index (χ1n) is 5.08. The number of fused-ring (bicyclic) bond motifs is 1. The largest absolute Gasteiger partial charge is 0.343 e. The Bertz CT molecular complexity index is 647. The van der Waals surface area contributed by atoms with Gasteiger partial charge in [0.1, 0.15) is 0 Å². The summed E-state index contributed by atoms with van der Waals surface area (Å²) in [6.45, 7) is 0.395. The molecule has 0 bridgehead atoms. The lowest BCUT2D eigenvalue weighted by Crippen LogP contribution is -2.23. The van der Waals surface area contributed by atoms with Gasteiger partial charge in [-0.05, 0) is 24.1 Å². The molecule has 0 saturated carbocycles. The third-order valence-corrected chi connectivity index (χ3v) is 2.38. The Morgan fingerprint density at radius 1 is 1.35 bits per heavy atom. The van der Waals surface area contributed by atoms with Crippen LogP contribution >= 0.6 is 0 Å². The van der Waals surface area contributed by atoms with Gasteiger partial charge < -0.3 is 15.3 Å². The fourth-order valence-corrected chi connectivity index (χ4v) is 1.60. The van der Waals surface area contributed by atoms with Gasteiger partial charge in [0, 0.05) is 6.54 Å². The molecular formula is C11H10N4O2. The van der Waals surface area contributed by atoms with E-state index in [4.69, 9.17) is 5.26 Å². The number of nitrogens with zero attached hydrogens (tertiary/aromatic N) is 1. The van der Waals surface area contributed by atoms with Crippen LogP contribution in [-0.4, -0.2) is 22.4 Å². The number of aromatic nitrogens is 2. The SMILES string of the molecule is N#CC(=O)NCCc1ccc2[nH]c(=O)[nH]c2c1. The van der Waals surface area contributed by atoms with Crippen LogP contribution in [0.15, 0.2) is 23.0 Å². The molecule has 6 heteroatoms. The van der Waals surface area contributed by atoms with E-state index < -0.39 is 5.91 Å². The van der Waals surface area contributed by atoms with Crippen molar-refractivity contribution in [2.45, 2.75) is 6.42 Å². The minimum Gasteiger partial charge on any atom is -0.343 e. The molecule has 3 N–H and O–H groups in total. The third-order valence-electron chi connectivity index (χ3n) is 2.38. The van der Waals surface area contributed by atoms with Gasteiger partial charge in [0.15, 0.2) is 6.07 Å². The molecule has 0 unspecified atom stereocenters. The summed E-state index contributed by atoms with van der Waals surface area (Å²) >= 11 is 0. The standard InChI is InChI=1S/C11H10N4O2/c12-6-10(16)13-4-3-7-1-2-8-9(5-7)15-11(17)14-8/h1-2,5H,3-4H2,(H,13,16)(H2,14,15,17). The molecule has 1 amide bonds. The molecule has 2 rings (SSSR count). The number of H-pyrrole nitrogens is 2. The predicted molar refractivity (Wildman–Crippen MR) is 61.2 cm³/mol. The number of nitrogens with one attached hydrogen (secondary N) is 3. The van der Waals surface area contributed by atoms with Crippen molar-refractivity contribution in [1.29, 1.82) is 5.26 Å². The van der Waals surface area contributed by atoms with Crippen LogP contribution in [0.2, 0.25) is 0 Å². The Kier molecular flexibility index (Phi) is 2.92. The maximum atomic E-state index is 11.0. The Hall–Kier alpha value is -2.55. The Balaban J connectivity index is 2.07. The van der Waals surface area contributed by atoms with Crippen molar-refractivity contribution >= 4 is 16.9 Å². The van der Waals surface area contributed by atoms with Gasteiger partial charge in [-0.3, -0.25) is 4.79 Å². The first kappa shape index (κ1) is 11.0. The lowest BCUT2D eigenvalue weighted by atomic mass is 10.1. The number of nitriles is 1. The average molecular weight is 230 g/mol. The minimum absolute atomic E-state index is 0.241. The van der Waals surface area contributed by atoms with Gasteiger partial charge in [-0.1, -0.05) is 6.07 Å². The molecule has 1 aromatic heterocycles. The van der Waals surface area contributed by atoms with Gasteiger partial charge in [0.2, 0.25) is 0 Å². The van der Waals surface area contributed by atoms with Gasteiger partial charge in [-0.2, -0.15) is 5.26 Å². The van der Waals surface area contributed by atoms with E-state index in [9.17, 15) is 9.59 Å². The summed E-state index contributed by atoms with van der Waals surface area (Å²) in [5.74, 6) is -0.638. The highest BCUT2D eigenvalue weighted by molar-refractivity contribution is 5.91. The Labute approximate surface area is 96.3 Å². The molecule has 2 aromatic rings. The molecular weight excluding hydrogens is 220 g/mol. The molecule has 17 heavy (non-hydrogen) atoms. The summed E-state index contributed by atoms with van der Waals surface area (Å²) in [6.07, 6.45) is 0.608. The van der Waals surface area contributed by atoms with Gasteiger partial charge in [-0.25, -0.2) is 4.79 Å². The van der Waals surface area contributed by atoms with Crippen molar-refractivity contribution in [2.24, 2.45) is 0 Å². The van der Waals surface area contributed by atoms with Crippen molar-refractivity contribution in [2.75, 3.05) is 6.54 Å². The zero-order chi connectivity index (χ0) is 12.3. The van der Waals surface area contributed by atoms with Crippen molar-refractivity contribution in [3.63, 3.8) is 0 Å². The van der Waals surface area contributed by atoms with Crippen molar-refractivity contribution < 1.29 is 4.79 Å².